The van der Waals surface area contributed by atoms with Gasteiger partial charge in [-0.2, -0.15) is 5.10 Å². The number of amidine groups is 1. The fraction of sp³-hybridized carbons (Fsp3) is 0.0833. The largest absolute Gasteiger partial charge is 0.338 e. The number of hydrogen-bond donors (Lipinski definition) is 1. The minimum atomic E-state index is -2.66. The molecular formula is C24H21FN5PS. The summed E-state index contributed by atoms with van der Waals surface area (Å²) in [4.78, 5) is 5.04. The fourth-order valence-corrected chi connectivity index (χ4v) is 7.44. The molecule has 160 valence electrons. The number of nitrogens with one attached hydrogen (secondary N) is 1. The molecule has 0 saturated heterocycles. The maximum atomic E-state index is 14.0. The Morgan fingerprint density at radius 1 is 0.938 bits per heavy atom. The number of aromatic nitrogens is 2. The van der Waals surface area contributed by atoms with Crippen molar-refractivity contribution in [3.05, 3.63) is 102 Å². The molecule has 1 N–H and O–H groups in total. The number of hydrogen-bond acceptors (Lipinski definition) is 3. The molecule has 8 heteroatoms. The number of anilines is 1. The topological polar surface area (TPSA) is 45.5 Å². The van der Waals surface area contributed by atoms with Crippen LogP contribution < -0.4 is 10.4 Å². The summed E-state index contributed by atoms with van der Waals surface area (Å²) < 4.78 is 17.8. The van der Waals surface area contributed by atoms with Crippen LogP contribution in [0.2, 0.25) is 0 Å². The lowest BCUT2D eigenvalue weighted by Crippen LogP contribution is -2.36. The molecule has 2 heterocycles. The van der Waals surface area contributed by atoms with Crippen LogP contribution in [0, 0.1) is 12.7 Å². The van der Waals surface area contributed by atoms with Gasteiger partial charge in [-0.25, -0.2) is 14.1 Å². The number of fused-ring (bicyclic) bond motifs is 1. The number of nitrogens with zero attached hydrogens (tertiary/aromatic N) is 4. The molecule has 0 fully saturated rings. The van der Waals surface area contributed by atoms with Gasteiger partial charge in [0.15, 0.2) is 12.2 Å². The van der Waals surface area contributed by atoms with E-state index in [2.05, 4.69) is 5.09 Å². The molecule has 1 unspecified atom stereocenters. The summed E-state index contributed by atoms with van der Waals surface area (Å²) in [5, 5.41) is 9.17. The predicted octanol–water partition coefficient (Wildman–Crippen LogP) is 5.39. The van der Waals surface area contributed by atoms with Gasteiger partial charge >= 0.3 is 0 Å². The molecule has 0 amide bonds. The number of benzene rings is 3. The first-order valence-electron chi connectivity index (χ1n) is 10.2. The molecule has 0 bridgehead atoms. The Bertz CT molecular complexity index is 1370. The standard InChI is InChI=1S/C24H21FN5PS/c1-17-22-24(30(27-17)21-14-7-4-8-15-21)26-23(18-10-5-3-6-11-18)29(2)31(22,32)28-20-13-9-12-19(25)16-20/h3-16H,1-2H3,(H,28,32). The molecule has 0 aliphatic carbocycles. The van der Waals surface area contributed by atoms with Gasteiger partial charge in [-0.1, -0.05) is 54.6 Å². The van der Waals surface area contributed by atoms with E-state index >= 15 is 0 Å². The second kappa shape index (κ2) is 8.01. The molecule has 1 aliphatic heterocycles. The minimum absolute atomic E-state index is 0.315. The number of halogens is 1. The quantitative estimate of drug-likeness (QED) is 0.414. The van der Waals surface area contributed by atoms with Crippen molar-refractivity contribution in [1.29, 1.82) is 0 Å². The van der Waals surface area contributed by atoms with Gasteiger partial charge in [-0.05, 0) is 49.1 Å². The predicted molar refractivity (Wildman–Crippen MR) is 133 cm³/mol. The Morgan fingerprint density at radius 3 is 2.31 bits per heavy atom. The summed E-state index contributed by atoms with van der Waals surface area (Å²) in [6, 6.07) is 26.2. The van der Waals surface area contributed by atoms with Crippen LogP contribution in [0.5, 0.6) is 0 Å². The second-order valence-corrected chi connectivity index (χ2v) is 11.5. The van der Waals surface area contributed by atoms with Crippen LogP contribution in [0.15, 0.2) is 89.9 Å². The molecule has 4 aromatic rings. The molecule has 1 atom stereocenters. The molecule has 0 radical (unpaired) electrons. The highest BCUT2D eigenvalue weighted by molar-refractivity contribution is 8.18. The number of aryl methyl sites for hydroxylation is 1. The lowest BCUT2D eigenvalue weighted by molar-refractivity contribution is 0.628. The van der Waals surface area contributed by atoms with Crippen LogP contribution in [-0.2, 0) is 11.8 Å². The average molecular weight is 462 g/mol. The van der Waals surface area contributed by atoms with E-state index in [9.17, 15) is 4.39 Å². The normalized spacial score (nSPS) is 17.6. The third-order valence-electron chi connectivity index (χ3n) is 5.39. The summed E-state index contributed by atoms with van der Waals surface area (Å²) in [7, 11) is 1.95. The van der Waals surface area contributed by atoms with Gasteiger partial charge in [0, 0.05) is 18.3 Å². The molecule has 5 rings (SSSR count). The third-order valence-corrected chi connectivity index (χ3v) is 9.67. The smallest absolute Gasteiger partial charge is 0.170 e. The number of para-hydroxylation sites is 1. The van der Waals surface area contributed by atoms with E-state index in [0.29, 0.717) is 11.5 Å². The molecule has 1 aromatic heterocycles. The van der Waals surface area contributed by atoms with E-state index < -0.39 is 6.34 Å². The molecule has 32 heavy (non-hydrogen) atoms. The summed E-state index contributed by atoms with van der Waals surface area (Å²) >= 11 is 6.35. The summed E-state index contributed by atoms with van der Waals surface area (Å²) in [5.74, 6) is 1.14. The first-order chi connectivity index (χ1) is 15.5. The maximum Gasteiger partial charge on any atom is 0.170 e. The monoisotopic (exact) mass is 461 g/mol. The molecule has 5 nitrogen and oxygen atoms in total. The Morgan fingerprint density at radius 2 is 1.62 bits per heavy atom. The van der Waals surface area contributed by atoms with E-state index in [4.69, 9.17) is 21.9 Å². The van der Waals surface area contributed by atoms with Crippen molar-refractivity contribution in [2.75, 3.05) is 12.1 Å². The maximum absolute atomic E-state index is 14.0. The average Bonchev–Trinajstić information content (AvgIpc) is 3.14. The zero-order valence-electron chi connectivity index (χ0n) is 17.6. The number of aliphatic imine (C=N–C) groups is 1. The fourth-order valence-electron chi connectivity index (χ4n) is 3.87. The highest BCUT2D eigenvalue weighted by atomic mass is 32.4. The van der Waals surface area contributed by atoms with Gasteiger partial charge in [0.2, 0.25) is 0 Å². The van der Waals surface area contributed by atoms with Crippen LogP contribution in [0.4, 0.5) is 15.9 Å². The summed E-state index contributed by atoms with van der Waals surface area (Å²) in [6.07, 6.45) is -2.66. The van der Waals surface area contributed by atoms with E-state index in [1.165, 1.54) is 12.1 Å². The minimum Gasteiger partial charge on any atom is -0.338 e. The Kier molecular flexibility index (Phi) is 5.16. The molecule has 0 spiro atoms. The highest BCUT2D eigenvalue weighted by Gasteiger charge is 2.39. The SMILES string of the molecule is Cc1nn(-c2ccccc2)c2c1P(=S)(Nc1cccc(F)c1)N(C)C(c1ccccc1)=N2. The first-order valence-corrected chi connectivity index (χ1v) is 12.9. The molecule has 1 aliphatic rings. The van der Waals surface area contributed by atoms with E-state index in [1.54, 1.807) is 6.07 Å². The second-order valence-electron chi connectivity index (χ2n) is 7.53. The van der Waals surface area contributed by atoms with Gasteiger partial charge in [0.05, 0.1) is 16.7 Å². The van der Waals surface area contributed by atoms with E-state index in [1.807, 2.05) is 90.1 Å². The lowest BCUT2D eigenvalue weighted by Gasteiger charge is -2.38. The zero-order chi connectivity index (χ0) is 22.3. The van der Waals surface area contributed by atoms with Crippen LogP contribution >= 0.6 is 6.34 Å². The Labute approximate surface area is 191 Å². The molecule has 3 aromatic carbocycles. The molecule has 0 saturated carbocycles. The van der Waals surface area contributed by atoms with Crippen LogP contribution in [0.3, 0.4) is 0 Å². The van der Waals surface area contributed by atoms with Crippen molar-refractivity contribution in [1.82, 2.24) is 14.5 Å². The van der Waals surface area contributed by atoms with Gasteiger partial charge in [-0.3, -0.25) is 0 Å². The van der Waals surface area contributed by atoms with Crippen LogP contribution in [-0.4, -0.2) is 27.3 Å². The van der Waals surface area contributed by atoms with Crippen molar-refractivity contribution >= 4 is 40.8 Å². The lowest BCUT2D eigenvalue weighted by atomic mass is 10.2. The van der Waals surface area contributed by atoms with E-state index in [0.717, 1.165) is 28.1 Å². The van der Waals surface area contributed by atoms with Crippen molar-refractivity contribution in [3.63, 3.8) is 0 Å². The van der Waals surface area contributed by atoms with Crippen molar-refractivity contribution < 1.29 is 4.39 Å². The van der Waals surface area contributed by atoms with Gasteiger partial charge in [0.25, 0.3) is 0 Å². The van der Waals surface area contributed by atoms with Crippen LogP contribution in [0.1, 0.15) is 11.3 Å². The van der Waals surface area contributed by atoms with E-state index in [-0.39, 0.29) is 5.82 Å². The zero-order valence-corrected chi connectivity index (χ0v) is 19.3. The first kappa shape index (κ1) is 20.6. The van der Waals surface area contributed by atoms with Gasteiger partial charge in [-0.15, -0.1) is 0 Å². The third kappa shape index (κ3) is 3.44. The molecular weight excluding hydrogens is 440 g/mol. The van der Waals surface area contributed by atoms with Crippen molar-refractivity contribution in [2.24, 2.45) is 4.99 Å². The summed E-state index contributed by atoms with van der Waals surface area (Å²) in [6.45, 7) is 1.95. The van der Waals surface area contributed by atoms with Crippen molar-refractivity contribution in [3.8, 4) is 5.69 Å². The summed E-state index contributed by atoms with van der Waals surface area (Å²) in [5.41, 5.74) is 3.30. The van der Waals surface area contributed by atoms with Gasteiger partial charge < -0.3 is 9.76 Å². The van der Waals surface area contributed by atoms with Crippen molar-refractivity contribution in [2.45, 2.75) is 6.92 Å². The Hall–Kier alpha value is -3.28. The number of rotatable bonds is 4. The Balaban J connectivity index is 1.76. The highest BCUT2D eigenvalue weighted by Crippen LogP contribution is 2.54. The van der Waals surface area contributed by atoms with Gasteiger partial charge in [0.1, 0.15) is 11.7 Å². The van der Waals surface area contributed by atoms with Crippen LogP contribution in [0.25, 0.3) is 5.69 Å².